The number of rotatable bonds is 7. The van der Waals surface area contributed by atoms with Gasteiger partial charge in [-0.25, -0.2) is 4.39 Å². The molecule has 3 rings (SSSR count). The van der Waals surface area contributed by atoms with Gasteiger partial charge in [0, 0.05) is 26.2 Å². The molecule has 2 aromatic rings. The highest BCUT2D eigenvalue weighted by Gasteiger charge is 2.21. The summed E-state index contributed by atoms with van der Waals surface area (Å²) in [6.07, 6.45) is 0.593. The zero-order valence-corrected chi connectivity index (χ0v) is 14.9. The molecule has 0 radical (unpaired) electrons. The van der Waals surface area contributed by atoms with Crippen molar-refractivity contribution in [3.8, 4) is 0 Å². The molecule has 2 aromatic carbocycles. The smallest absolute Gasteiger partial charge is 0.227 e. The maximum atomic E-state index is 13.3. The summed E-state index contributed by atoms with van der Waals surface area (Å²) >= 11 is 0. The average molecular weight is 356 g/mol. The second-order valence-electron chi connectivity index (χ2n) is 6.54. The van der Waals surface area contributed by atoms with Gasteiger partial charge in [-0.15, -0.1) is 0 Å². The van der Waals surface area contributed by atoms with E-state index in [2.05, 4.69) is 10.2 Å². The predicted molar refractivity (Wildman–Crippen MR) is 99.6 cm³/mol. The molecule has 4 nitrogen and oxygen atoms in total. The van der Waals surface area contributed by atoms with Crippen molar-refractivity contribution in [3.05, 3.63) is 71.5 Å². The Morgan fingerprint density at radius 3 is 2.46 bits per heavy atom. The van der Waals surface area contributed by atoms with Crippen molar-refractivity contribution in [1.82, 2.24) is 10.2 Å². The number of nitrogens with one attached hydrogen (secondary N) is 1. The van der Waals surface area contributed by atoms with Gasteiger partial charge in [-0.1, -0.05) is 42.5 Å². The lowest BCUT2D eigenvalue weighted by Gasteiger charge is -2.27. The summed E-state index contributed by atoms with van der Waals surface area (Å²) in [5, 5.41) is 3.05. The van der Waals surface area contributed by atoms with Gasteiger partial charge in [0.15, 0.2) is 0 Å². The van der Waals surface area contributed by atoms with Gasteiger partial charge in [0.25, 0.3) is 0 Å². The molecule has 1 saturated heterocycles. The lowest BCUT2D eigenvalue weighted by molar-refractivity contribution is -0.122. The van der Waals surface area contributed by atoms with E-state index < -0.39 is 0 Å². The van der Waals surface area contributed by atoms with Crippen LogP contribution in [0.5, 0.6) is 0 Å². The minimum atomic E-state index is -0.331. The normalized spacial score (nSPS) is 16.2. The first-order valence-corrected chi connectivity index (χ1v) is 9.09. The Labute approximate surface area is 154 Å². The first-order valence-electron chi connectivity index (χ1n) is 9.09. The van der Waals surface area contributed by atoms with E-state index in [4.69, 9.17) is 4.74 Å². The summed E-state index contributed by atoms with van der Waals surface area (Å²) in [6.45, 7) is 4.73. The third-order valence-corrected chi connectivity index (χ3v) is 4.70. The van der Waals surface area contributed by atoms with Crippen LogP contribution in [0.15, 0.2) is 54.6 Å². The second kappa shape index (κ2) is 9.46. The predicted octanol–water partition coefficient (Wildman–Crippen LogP) is 2.60. The molecule has 138 valence electrons. The molecule has 1 atom stereocenters. The first-order chi connectivity index (χ1) is 12.7. The Morgan fingerprint density at radius 1 is 1.08 bits per heavy atom. The zero-order chi connectivity index (χ0) is 18.2. The molecule has 1 heterocycles. The molecule has 0 aliphatic carbocycles. The van der Waals surface area contributed by atoms with Crippen LogP contribution >= 0.6 is 0 Å². The zero-order valence-electron chi connectivity index (χ0n) is 14.9. The maximum Gasteiger partial charge on any atom is 0.227 e. The number of carbonyl (C=O) groups is 1. The topological polar surface area (TPSA) is 41.6 Å². The number of ether oxygens (including phenoxy) is 1. The summed E-state index contributed by atoms with van der Waals surface area (Å²) in [7, 11) is 0. The van der Waals surface area contributed by atoms with Crippen LogP contribution in [0.25, 0.3) is 0 Å². The van der Waals surface area contributed by atoms with Crippen LogP contribution in [0.2, 0.25) is 0 Å². The van der Waals surface area contributed by atoms with E-state index >= 15 is 0 Å². The van der Waals surface area contributed by atoms with Crippen molar-refractivity contribution in [2.75, 3.05) is 39.4 Å². The largest absolute Gasteiger partial charge is 0.379 e. The number of hydrogen-bond acceptors (Lipinski definition) is 3. The quantitative estimate of drug-likeness (QED) is 0.829. The highest BCUT2D eigenvalue weighted by atomic mass is 19.1. The fourth-order valence-electron chi connectivity index (χ4n) is 3.19. The van der Waals surface area contributed by atoms with Crippen molar-refractivity contribution < 1.29 is 13.9 Å². The van der Waals surface area contributed by atoms with E-state index in [1.54, 1.807) is 12.1 Å². The molecule has 1 amide bonds. The number of hydrogen-bond donors (Lipinski definition) is 1. The van der Waals surface area contributed by atoms with Crippen LogP contribution in [0.1, 0.15) is 17.0 Å². The molecule has 0 saturated carbocycles. The van der Waals surface area contributed by atoms with Gasteiger partial charge in [0.05, 0.1) is 19.1 Å². The van der Waals surface area contributed by atoms with E-state index in [-0.39, 0.29) is 17.6 Å². The van der Waals surface area contributed by atoms with Gasteiger partial charge < -0.3 is 10.1 Å². The van der Waals surface area contributed by atoms with E-state index in [0.717, 1.165) is 44.0 Å². The average Bonchev–Trinajstić information content (AvgIpc) is 2.68. The van der Waals surface area contributed by atoms with Crippen molar-refractivity contribution >= 4 is 5.91 Å². The Kier molecular flexibility index (Phi) is 6.75. The van der Waals surface area contributed by atoms with Gasteiger partial charge in [0.1, 0.15) is 5.82 Å². The van der Waals surface area contributed by atoms with E-state index in [9.17, 15) is 9.18 Å². The fourth-order valence-corrected chi connectivity index (χ4v) is 3.19. The first kappa shape index (κ1) is 18.5. The summed E-state index contributed by atoms with van der Waals surface area (Å²) in [5.41, 5.74) is 1.92. The minimum absolute atomic E-state index is 0.0197. The van der Waals surface area contributed by atoms with Crippen LogP contribution < -0.4 is 5.32 Å². The molecular formula is C21H25FN2O2. The maximum absolute atomic E-state index is 13.3. The lowest BCUT2D eigenvalue weighted by atomic mass is 9.91. The molecular weight excluding hydrogens is 331 g/mol. The van der Waals surface area contributed by atoms with Crippen LogP contribution in [-0.2, 0) is 16.0 Å². The summed E-state index contributed by atoms with van der Waals surface area (Å²) < 4.78 is 18.6. The van der Waals surface area contributed by atoms with Crippen LogP contribution in [0.4, 0.5) is 4.39 Å². The van der Waals surface area contributed by atoms with Crippen molar-refractivity contribution in [3.63, 3.8) is 0 Å². The molecule has 1 aliphatic rings. The van der Waals surface area contributed by atoms with Gasteiger partial charge in [-0.3, -0.25) is 9.69 Å². The van der Waals surface area contributed by atoms with Crippen LogP contribution in [0.3, 0.4) is 0 Å². The molecule has 0 spiro atoms. The third-order valence-electron chi connectivity index (χ3n) is 4.70. The molecule has 5 heteroatoms. The third kappa shape index (κ3) is 5.38. The Morgan fingerprint density at radius 2 is 1.77 bits per heavy atom. The number of halogens is 1. The standard InChI is InChI=1S/C21H25FN2O2/c22-19-8-6-18(7-9-19)20(16-17-4-2-1-3-5-17)21(25)23-10-11-24-12-14-26-15-13-24/h1-9,20H,10-16H2,(H,23,25). The highest BCUT2D eigenvalue weighted by molar-refractivity contribution is 5.84. The summed E-state index contributed by atoms with van der Waals surface area (Å²) in [4.78, 5) is 15.1. The Balaban J connectivity index is 1.63. The van der Waals surface area contributed by atoms with Crippen molar-refractivity contribution in [2.45, 2.75) is 12.3 Å². The van der Waals surface area contributed by atoms with Gasteiger partial charge in [0.2, 0.25) is 5.91 Å². The molecule has 0 bridgehead atoms. The second-order valence-corrected chi connectivity index (χ2v) is 6.54. The number of benzene rings is 2. The molecule has 1 N–H and O–H groups in total. The Bertz CT molecular complexity index is 685. The van der Waals surface area contributed by atoms with E-state index in [1.807, 2.05) is 30.3 Å². The Hall–Kier alpha value is -2.24. The van der Waals surface area contributed by atoms with Gasteiger partial charge in [-0.05, 0) is 29.7 Å². The molecule has 1 aliphatic heterocycles. The fraction of sp³-hybridized carbons (Fsp3) is 0.381. The molecule has 26 heavy (non-hydrogen) atoms. The van der Waals surface area contributed by atoms with Gasteiger partial charge in [-0.2, -0.15) is 0 Å². The van der Waals surface area contributed by atoms with Crippen molar-refractivity contribution in [1.29, 1.82) is 0 Å². The molecule has 1 fully saturated rings. The number of morpholine rings is 1. The minimum Gasteiger partial charge on any atom is -0.379 e. The number of amides is 1. The molecule has 1 unspecified atom stereocenters. The highest BCUT2D eigenvalue weighted by Crippen LogP contribution is 2.22. The monoisotopic (exact) mass is 356 g/mol. The lowest BCUT2D eigenvalue weighted by Crippen LogP contribution is -2.42. The summed E-state index contributed by atoms with van der Waals surface area (Å²) in [5.74, 6) is -0.642. The van der Waals surface area contributed by atoms with E-state index in [0.29, 0.717) is 13.0 Å². The number of nitrogens with zero attached hydrogens (tertiary/aromatic N) is 1. The van der Waals surface area contributed by atoms with Crippen LogP contribution in [-0.4, -0.2) is 50.2 Å². The molecule has 0 aromatic heterocycles. The SMILES string of the molecule is O=C(NCCN1CCOCC1)C(Cc1ccccc1)c1ccc(F)cc1. The van der Waals surface area contributed by atoms with Gasteiger partial charge >= 0.3 is 0 Å². The number of carbonyl (C=O) groups excluding carboxylic acids is 1. The van der Waals surface area contributed by atoms with E-state index in [1.165, 1.54) is 12.1 Å². The summed E-state index contributed by atoms with van der Waals surface area (Å²) in [6, 6.07) is 16.1. The van der Waals surface area contributed by atoms with Crippen molar-refractivity contribution in [2.24, 2.45) is 0 Å². The van der Waals surface area contributed by atoms with Crippen LogP contribution in [0, 0.1) is 5.82 Å².